The molecular weight excluding hydrogens is 201 g/mol. The number of nitrogens with one attached hydrogen (secondary N) is 1. The van der Waals surface area contributed by atoms with Crippen LogP contribution in [0.1, 0.15) is 0 Å². The highest BCUT2D eigenvalue weighted by Crippen LogP contribution is 2.19. The molecule has 0 aliphatic heterocycles. The predicted octanol–water partition coefficient (Wildman–Crippen LogP) is 1.56. The Labute approximate surface area is 87.6 Å². The van der Waals surface area contributed by atoms with E-state index in [1.807, 2.05) is 0 Å². The summed E-state index contributed by atoms with van der Waals surface area (Å²) in [6.07, 6.45) is -0.378. The highest BCUT2D eigenvalue weighted by atomic mass is 19.1. The van der Waals surface area contributed by atoms with E-state index < -0.39 is 5.82 Å². The fourth-order valence-corrected chi connectivity index (χ4v) is 1.09. The Morgan fingerprint density at radius 1 is 1.40 bits per heavy atom. The van der Waals surface area contributed by atoms with E-state index in [1.54, 1.807) is 0 Å². The number of methoxy groups -OCH3 is 2. The molecule has 0 aromatic heterocycles. The third kappa shape index (κ3) is 3.38. The van der Waals surface area contributed by atoms with Crippen molar-refractivity contribution < 1.29 is 19.0 Å². The maximum absolute atomic E-state index is 12.7. The first-order chi connectivity index (χ1) is 7.17. The van der Waals surface area contributed by atoms with Crippen LogP contribution in [0.4, 0.5) is 10.1 Å². The van der Waals surface area contributed by atoms with Crippen LogP contribution in [0.25, 0.3) is 0 Å². The zero-order chi connectivity index (χ0) is 11.3. The lowest BCUT2D eigenvalue weighted by molar-refractivity contribution is -0.0914. The second kappa shape index (κ2) is 5.53. The average Bonchev–Trinajstić information content (AvgIpc) is 2.24. The van der Waals surface area contributed by atoms with Crippen molar-refractivity contribution in [2.45, 2.75) is 6.29 Å². The molecule has 0 radical (unpaired) electrons. The molecule has 0 saturated carbocycles. The molecule has 15 heavy (non-hydrogen) atoms. The number of anilines is 1. The van der Waals surface area contributed by atoms with Crippen LogP contribution in [0.2, 0.25) is 0 Å². The van der Waals surface area contributed by atoms with Crippen molar-refractivity contribution in [1.82, 2.24) is 0 Å². The normalized spacial score (nSPS) is 10.7. The molecule has 2 N–H and O–H groups in total. The number of ether oxygens (including phenoxy) is 2. The molecule has 0 spiro atoms. The van der Waals surface area contributed by atoms with Gasteiger partial charge < -0.3 is 19.9 Å². The van der Waals surface area contributed by atoms with Crippen molar-refractivity contribution >= 4 is 5.69 Å². The summed E-state index contributed by atoms with van der Waals surface area (Å²) in [5, 5.41) is 12.0. The third-order valence-corrected chi connectivity index (χ3v) is 1.94. The van der Waals surface area contributed by atoms with Crippen LogP contribution < -0.4 is 5.32 Å². The number of rotatable bonds is 5. The zero-order valence-corrected chi connectivity index (χ0v) is 8.66. The number of aromatic hydroxyl groups is 1. The van der Waals surface area contributed by atoms with Gasteiger partial charge in [0.05, 0.1) is 6.54 Å². The monoisotopic (exact) mass is 215 g/mol. The summed E-state index contributed by atoms with van der Waals surface area (Å²) in [6, 6.07) is 4.02. The summed E-state index contributed by atoms with van der Waals surface area (Å²) in [6.45, 7) is 0.415. The molecule has 1 aromatic carbocycles. The number of phenolic OH excluding ortho intramolecular Hbond substituents is 1. The summed E-state index contributed by atoms with van der Waals surface area (Å²) in [5.41, 5.74) is 0.605. The fourth-order valence-electron chi connectivity index (χ4n) is 1.09. The molecule has 0 aliphatic carbocycles. The smallest absolute Gasteiger partial charge is 0.173 e. The average molecular weight is 215 g/mol. The Balaban J connectivity index is 2.54. The first kappa shape index (κ1) is 11.7. The van der Waals surface area contributed by atoms with Gasteiger partial charge in [0.1, 0.15) is 0 Å². The van der Waals surface area contributed by atoms with Crippen molar-refractivity contribution in [3.05, 3.63) is 24.0 Å². The molecule has 0 aliphatic rings. The fraction of sp³-hybridized carbons (Fsp3) is 0.400. The molecule has 1 rings (SSSR count). The van der Waals surface area contributed by atoms with Gasteiger partial charge in [0.15, 0.2) is 17.9 Å². The van der Waals surface area contributed by atoms with Crippen LogP contribution in [-0.2, 0) is 9.47 Å². The lowest BCUT2D eigenvalue weighted by Crippen LogP contribution is -2.23. The molecule has 5 heteroatoms. The van der Waals surface area contributed by atoms with E-state index in [0.717, 1.165) is 0 Å². The van der Waals surface area contributed by atoms with Crippen molar-refractivity contribution in [2.75, 3.05) is 26.1 Å². The first-order valence-corrected chi connectivity index (χ1v) is 4.45. The molecule has 0 atom stereocenters. The second-order valence-electron chi connectivity index (χ2n) is 2.95. The van der Waals surface area contributed by atoms with Crippen molar-refractivity contribution in [3.63, 3.8) is 0 Å². The molecule has 0 saturated heterocycles. The van der Waals surface area contributed by atoms with Gasteiger partial charge in [-0.3, -0.25) is 0 Å². The van der Waals surface area contributed by atoms with Crippen LogP contribution in [0.15, 0.2) is 18.2 Å². The van der Waals surface area contributed by atoms with Crippen molar-refractivity contribution in [2.24, 2.45) is 0 Å². The van der Waals surface area contributed by atoms with E-state index in [-0.39, 0.29) is 12.0 Å². The quantitative estimate of drug-likeness (QED) is 0.732. The summed E-state index contributed by atoms with van der Waals surface area (Å²) < 4.78 is 22.6. The second-order valence-corrected chi connectivity index (χ2v) is 2.95. The molecule has 0 fully saturated rings. The largest absolute Gasteiger partial charge is 0.505 e. The standard InChI is InChI=1S/C10H14FNO3/c1-14-10(15-2)6-12-7-3-4-8(11)9(13)5-7/h3-5,10,12-13H,6H2,1-2H3. The maximum atomic E-state index is 12.7. The van der Waals surface area contributed by atoms with Gasteiger partial charge in [-0.15, -0.1) is 0 Å². The Morgan fingerprint density at radius 2 is 2.07 bits per heavy atom. The van der Waals surface area contributed by atoms with Crippen molar-refractivity contribution in [1.29, 1.82) is 0 Å². The molecular formula is C10H14FNO3. The Hall–Kier alpha value is -1.33. The van der Waals surface area contributed by atoms with Gasteiger partial charge in [-0.1, -0.05) is 0 Å². The minimum atomic E-state index is -0.643. The molecule has 4 nitrogen and oxygen atoms in total. The summed E-state index contributed by atoms with van der Waals surface area (Å²) in [7, 11) is 3.05. The highest BCUT2D eigenvalue weighted by Gasteiger charge is 2.05. The Kier molecular flexibility index (Phi) is 4.33. The highest BCUT2D eigenvalue weighted by molar-refractivity contribution is 5.48. The van der Waals surface area contributed by atoms with Gasteiger partial charge in [-0.2, -0.15) is 0 Å². The van der Waals surface area contributed by atoms with E-state index >= 15 is 0 Å². The molecule has 0 unspecified atom stereocenters. The lowest BCUT2D eigenvalue weighted by atomic mass is 10.3. The van der Waals surface area contributed by atoms with E-state index in [1.165, 1.54) is 32.4 Å². The number of halogens is 1. The minimum absolute atomic E-state index is 0.378. The van der Waals surface area contributed by atoms with Gasteiger partial charge in [0, 0.05) is 26.0 Å². The van der Waals surface area contributed by atoms with Crippen molar-refractivity contribution in [3.8, 4) is 5.75 Å². The minimum Gasteiger partial charge on any atom is -0.505 e. The van der Waals surface area contributed by atoms with Gasteiger partial charge in [0.2, 0.25) is 0 Å². The SMILES string of the molecule is COC(CNc1ccc(F)c(O)c1)OC. The lowest BCUT2D eigenvalue weighted by Gasteiger charge is -2.14. The Bertz CT molecular complexity index is 316. The van der Waals surface area contributed by atoms with Crippen LogP contribution in [0.5, 0.6) is 5.75 Å². The van der Waals surface area contributed by atoms with Crippen LogP contribution in [-0.4, -0.2) is 32.2 Å². The van der Waals surface area contributed by atoms with Crippen LogP contribution in [0, 0.1) is 5.82 Å². The molecule has 0 amide bonds. The topological polar surface area (TPSA) is 50.7 Å². The first-order valence-electron chi connectivity index (χ1n) is 4.45. The van der Waals surface area contributed by atoms with Gasteiger partial charge >= 0.3 is 0 Å². The summed E-state index contributed by atoms with van der Waals surface area (Å²) in [5.74, 6) is -1.03. The number of hydrogen-bond donors (Lipinski definition) is 2. The Morgan fingerprint density at radius 3 is 2.60 bits per heavy atom. The van der Waals surface area contributed by atoms with E-state index in [9.17, 15) is 4.39 Å². The van der Waals surface area contributed by atoms with Crippen LogP contribution in [0.3, 0.4) is 0 Å². The summed E-state index contributed by atoms with van der Waals surface area (Å²) in [4.78, 5) is 0. The van der Waals surface area contributed by atoms with Gasteiger partial charge in [-0.05, 0) is 12.1 Å². The third-order valence-electron chi connectivity index (χ3n) is 1.94. The number of benzene rings is 1. The molecule has 1 aromatic rings. The summed E-state index contributed by atoms with van der Waals surface area (Å²) >= 11 is 0. The molecule has 0 heterocycles. The molecule has 84 valence electrons. The van der Waals surface area contributed by atoms with Gasteiger partial charge in [-0.25, -0.2) is 4.39 Å². The number of hydrogen-bond acceptors (Lipinski definition) is 4. The maximum Gasteiger partial charge on any atom is 0.173 e. The number of phenols is 1. The van der Waals surface area contributed by atoms with E-state index in [4.69, 9.17) is 14.6 Å². The van der Waals surface area contributed by atoms with E-state index in [2.05, 4.69) is 5.32 Å². The van der Waals surface area contributed by atoms with E-state index in [0.29, 0.717) is 12.2 Å². The predicted molar refractivity (Wildman–Crippen MR) is 54.4 cm³/mol. The van der Waals surface area contributed by atoms with Crippen LogP contribution >= 0.6 is 0 Å². The zero-order valence-electron chi connectivity index (χ0n) is 8.66. The van der Waals surface area contributed by atoms with Gasteiger partial charge in [0.25, 0.3) is 0 Å². The molecule has 0 bridgehead atoms.